The maximum Gasteiger partial charge on any atom is 0.336 e. The highest BCUT2D eigenvalue weighted by molar-refractivity contribution is 5.81. The first kappa shape index (κ1) is 15.6. The van der Waals surface area contributed by atoms with Gasteiger partial charge in [0.25, 0.3) is 5.91 Å². The summed E-state index contributed by atoms with van der Waals surface area (Å²) in [5, 5.41) is 13.4. The van der Waals surface area contributed by atoms with Crippen molar-refractivity contribution in [3.05, 3.63) is 40.2 Å². The largest absolute Gasteiger partial charge is 0.550 e. The zero-order valence-corrected chi connectivity index (χ0v) is 11.9. The summed E-state index contributed by atoms with van der Waals surface area (Å²) in [7, 11) is 0. The number of benzene rings is 1. The topological polar surface area (TPSA) is 109 Å². The Kier molecular flexibility index (Phi) is 4.77. The molecule has 0 unspecified atom stereocenters. The molecule has 7 heteroatoms. The molecular weight excluding hydrogens is 290 g/mol. The molecule has 0 radical (unpaired) electrons. The summed E-state index contributed by atoms with van der Waals surface area (Å²) in [5.74, 6) is -1.32. The Morgan fingerprint density at radius 1 is 1.32 bits per heavy atom. The van der Waals surface area contributed by atoms with E-state index in [1.54, 1.807) is 19.1 Å². The van der Waals surface area contributed by atoms with Crippen molar-refractivity contribution in [1.29, 1.82) is 0 Å². The predicted octanol–water partition coefficient (Wildman–Crippen LogP) is -0.264. The molecule has 0 aliphatic carbocycles. The molecule has 0 spiro atoms. The molecule has 22 heavy (non-hydrogen) atoms. The van der Waals surface area contributed by atoms with Crippen LogP contribution in [0, 0.1) is 6.92 Å². The Morgan fingerprint density at radius 2 is 2.09 bits per heavy atom. The highest BCUT2D eigenvalue weighted by atomic mass is 16.5. The molecule has 1 heterocycles. The quantitative estimate of drug-likeness (QED) is 0.736. The van der Waals surface area contributed by atoms with Gasteiger partial charge in [-0.2, -0.15) is 0 Å². The number of carbonyl (C=O) groups excluding carboxylic acids is 2. The maximum atomic E-state index is 11.4. The smallest absolute Gasteiger partial charge is 0.336 e. The number of hydrogen-bond donors (Lipinski definition) is 1. The Morgan fingerprint density at radius 3 is 2.82 bits per heavy atom. The van der Waals surface area contributed by atoms with Crippen LogP contribution in [0.1, 0.15) is 12.0 Å². The number of carboxylic acid groups (broad SMARTS) is 1. The molecule has 1 aromatic carbocycles. The second-order valence-electron chi connectivity index (χ2n) is 4.67. The van der Waals surface area contributed by atoms with Gasteiger partial charge >= 0.3 is 5.63 Å². The predicted molar refractivity (Wildman–Crippen MR) is 75.3 cm³/mol. The Hall–Kier alpha value is -2.83. The van der Waals surface area contributed by atoms with Crippen LogP contribution >= 0.6 is 0 Å². The van der Waals surface area contributed by atoms with Crippen molar-refractivity contribution < 1.29 is 23.8 Å². The lowest BCUT2D eigenvalue weighted by Crippen LogP contribution is -2.33. The molecule has 0 fully saturated rings. The standard InChI is InChI=1S/C15H15NO6/c1-9-6-15(20)22-12-7-10(2-3-11(9)12)21-8-13(17)16-5-4-14(18)19/h2-3,6-7H,4-5,8H2,1H3,(H,16,17)(H,18,19)/p-1. The van der Waals surface area contributed by atoms with Gasteiger partial charge in [-0.1, -0.05) is 0 Å². The fourth-order valence-corrected chi connectivity index (χ4v) is 1.90. The van der Waals surface area contributed by atoms with Crippen molar-refractivity contribution in [1.82, 2.24) is 5.32 Å². The van der Waals surface area contributed by atoms with E-state index in [0.29, 0.717) is 11.3 Å². The number of hydrogen-bond acceptors (Lipinski definition) is 6. The van der Waals surface area contributed by atoms with Crippen molar-refractivity contribution >= 4 is 22.8 Å². The van der Waals surface area contributed by atoms with Crippen molar-refractivity contribution in [3.8, 4) is 5.75 Å². The van der Waals surface area contributed by atoms with Gasteiger partial charge in [-0.05, 0) is 24.6 Å². The van der Waals surface area contributed by atoms with Gasteiger partial charge < -0.3 is 24.4 Å². The van der Waals surface area contributed by atoms with Crippen LogP contribution < -0.4 is 20.8 Å². The molecule has 2 rings (SSSR count). The van der Waals surface area contributed by atoms with Crippen LogP contribution in [-0.2, 0) is 9.59 Å². The highest BCUT2D eigenvalue weighted by Gasteiger charge is 2.06. The van der Waals surface area contributed by atoms with Gasteiger partial charge in [0.1, 0.15) is 11.3 Å². The van der Waals surface area contributed by atoms with E-state index in [2.05, 4.69) is 5.32 Å². The zero-order chi connectivity index (χ0) is 16.1. The molecule has 0 bridgehead atoms. The molecule has 0 saturated heterocycles. The first-order chi connectivity index (χ1) is 10.5. The SMILES string of the molecule is Cc1cc(=O)oc2cc(OCC(=O)NCCC(=O)[O-])ccc12. The fourth-order valence-electron chi connectivity index (χ4n) is 1.90. The lowest BCUT2D eigenvalue weighted by Gasteiger charge is -2.08. The Labute approximate surface area is 125 Å². The summed E-state index contributed by atoms with van der Waals surface area (Å²) in [4.78, 5) is 33.0. The molecule has 0 aliphatic heterocycles. The summed E-state index contributed by atoms with van der Waals surface area (Å²) >= 11 is 0. The first-order valence-corrected chi connectivity index (χ1v) is 6.59. The van der Waals surface area contributed by atoms with Gasteiger partial charge in [-0.3, -0.25) is 4.79 Å². The minimum Gasteiger partial charge on any atom is -0.550 e. The van der Waals surface area contributed by atoms with E-state index in [0.717, 1.165) is 10.9 Å². The molecule has 0 saturated carbocycles. The van der Waals surface area contributed by atoms with Crippen molar-refractivity contribution in [2.75, 3.05) is 13.2 Å². The second-order valence-corrected chi connectivity index (χ2v) is 4.67. The third-order valence-corrected chi connectivity index (χ3v) is 2.94. The maximum absolute atomic E-state index is 11.4. The summed E-state index contributed by atoms with van der Waals surface area (Å²) in [6.07, 6.45) is -0.258. The van der Waals surface area contributed by atoms with Gasteiger partial charge in [-0.25, -0.2) is 4.79 Å². The van der Waals surface area contributed by atoms with Crippen molar-refractivity contribution in [2.45, 2.75) is 13.3 Å². The van der Waals surface area contributed by atoms with E-state index in [9.17, 15) is 19.5 Å². The number of aliphatic carboxylic acids is 1. The average Bonchev–Trinajstić information content (AvgIpc) is 2.44. The van der Waals surface area contributed by atoms with Crippen LogP contribution in [-0.4, -0.2) is 25.0 Å². The molecule has 1 aromatic heterocycles. The Balaban J connectivity index is 1.99. The average molecular weight is 304 g/mol. The third kappa shape index (κ3) is 4.08. The van der Waals surface area contributed by atoms with Gasteiger partial charge in [0.2, 0.25) is 0 Å². The van der Waals surface area contributed by atoms with Gasteiger partial charge in [0, 0.05) is 36.5 Å². The first-order valence-electron chi connectivity index (χ1n) is 6.59. The van der Waals surface area contributed by atoms with Crippen LogP contribution in [0.25, 0.3) is 11.0 Å². The summed E-state index contributed by atoms with van der Waals surface area (Å²) in [5.41, 5.74) is 0.708. The molecule has 1 amide bonds. The molecule has 2 aromatic rings. The molecule has 116 valence electrons. The van der Waals surface area contributed by atoms with Gasteiger partial charge in [-0.15, -0.1) is 0 Å². The van der Waals surface area contributed by atoms with E-state index < -0.39 is 17.5 Å². The number of fused-ring (bicyclic) bond motifs is 1. The van der Waals surface area contributed by atoms with E-state index >= 15 is 0 Å². The van der Waals surface area contributed by atoms with Crippen molar-refractivity contribution in [2.24, 2.45) is 0 Å². The highest BCUT2D eigenvalue weighted by Crippen LogP contribution is 2.22. The van der Waals surface area contributed by atoms with Gasteiger partial charge in [0.05, 0.1) is 0 Å². The number of carbonyl (C=O) groups is 2. The van der Waals surface area contributed by atoms with Crippen LogP contribution in [0.15, 0.2) is 33.5 Å². The van der Waals surface area contributed by atoms with E-state index in [-0.39, 0.29) is 19.6 Å². The summed E-state index contributed by atoms with van der Waals surface area (Å²) in [6.45, 7) is 1.51. The number of rotatable bonds is 6. The molecule has 0 atom stereocenters. The molecule has 1 N–H and O–H groups in total. The van der Waals surface area contributed by atoms with E-state index in [1.807, 2.05) is 0 Å². The molecule has 0 aliphatic rings. The fraction of sp³-hybridized carbons (Fsp3) is 0.267. The Bertz CT molecular complexity index is 764. The number of ether oxygens (including phenoxy) is 1. The monoisotopic (exact) mass is 304 g/mol. The van der Waals surface area contributed by atoms with E-state index in [4.69, 9.17) is 9.15 Å². The normalized spacial score (nSPS) is 10.4. The minimum absolute atomic E-state index is 0.0175. The zero-order valence-electron chi connectivity index (χ0n) is 11.9. The van der Waals surface area contributed by atoms with Gasteiger partial charge in [0.15, 0.2) is 6.61 Å². The molecule has 7 nitrogen and oxygen atoms in total. The van der Waals surface area contributed by atoms with Crippen LogP contribution in [0.3, 0.4) is 0 Å². The lowest BCUT2D eigenvalue weighted by atomic mass is 10.1. The van der Waals surface area contributed by atoms with Crippen LogP contribution in [0.2, 0.25) is 0 Å². The number of carboxylic acids is 1. The summed E-state index contributed by atoms with van der Waals surface area (Å²) < 4.78 is 10.3. The number of aryl methyl sites for hydroxylation is 1. The number of nitrogens with one attached hydrogen (secondary N) is 1. The minimum atomic E-state index is -1.24. The molecular formula is C15H14NO6-. The third-order valence-electron chi connectivity index (χ3n) is 2.94. The lowest BCUT2D eigenvalue weighted by molar-refractivity contribution is -0.305. The van der Waals surface area contributed by atoms with Crippen molar-refractivity contribution in [3.63, 3.8) is 0 Å². The number of amides is 1. The van der Waals surface area contributed by atoms with Crippen LogP contribution in [0.4, 0.5) is 0 Å². The van der Waals surface area contributed by atoms with E-state index in [1.165, 1.54) is 12.1 Å². The van der Waals surface area contributed by atoms with Crippen LogP contribution in [0.5, 0.6) is 5.75 Å². The summed E-state index contributed by atoms with van der Waals surface area (Å²) in [6, 6.07) is 6.31. The second kappa shape index (κ2) is 6.75.